The number of para-hydroxylation sites is 2. The van der Waals surface area contributed by atoms with Crippen LogP contribution in [0.25, 0.3) is 5.69 Å². The summed E-state index contributed by atoms with van der Waals surface area (Å²) in [5, 5.41) is 4.69. The summed E-state index contributed by atoms with van der Waals surface area (Å²) >= 11 is 0. The molecule has 2 heterocycles. The largest absolute Gasteiger partial charge is 0.509 e. The van der Waals surface area contributed by atoms with Crippen LogP contribution in [0.4, 0.5) is 22.7 Å². The summed E-state index contributed by atoms with van der Waals surface area (Å²) in [4.78, 5) is 4.47. The molecule has 0 fully saturated rings. The van der Waals surface area contributed by atoms with Crippen LogP contribution in [0.15, 0.2) is 122 Å². The molecule has 0 radical (unpaired) electrons. The Kier molecular flexibility index (Phi) is 9.83. The average molecular weight is 853 g/mol. The Morgan fingerprint density at radius 1 is 0.569 bits per heavy atom. The molecule has 1 aliphatic heterocycles. The second kappa shape index (κ2) is 13.8. The zero-order valence-corrected chi connectivity index (χ0v) is 32.9. The van der Waals surface area contributed by atoms with E-state index in [0.29, 0.717) is 11.5 Å². The summed E-state index contributed by atoms with van der Waals surface area (Å²) in [6, 6.07) is 44.8. The molecule has 1 aromatic heterocycles. The third-order valence-corrected chi connectivity index (χ3v) is 9.59. The van der Waals surface area contributed by atoms with Crippen molar-refractivity contribution in [2.75, 3.05) is 9.80 Å². The second-order valence-corrected chi connectivity index (χ2v) is 15.7. The minimum atomic E-state index is -0.186. The molecule has 51 heavy (non-hydrogen) atoms. The third kappa shape index (κ3) is 7.41. The number of benzene rings is 5. The molecular weight excluding hydrogens is 808 g/mol. The quantitative estimate of drug-likeness (QED) is 0.150. The van der Waals surface area contributed by atoms with E-state index in [1.54, 1.807) is 0 Å². The molecule has 0 atom stereocenters. The number of aromatic nitrogens is 2. The van der Waals surface area contributed by atoms with Gasteiger partial charge < -0.3 is 14.5 Å². The molecular formula is C45H45N4OPt-3. The summed E-state index contributed by atoms with van der Waals surface area (Å²) in [5.74, 6) is 1.20. The molecule has 5 nitrogen and oxygen atoms in total. The van der Waals surface area contributed by atoms with E-state index in [9.17, 15) is 0 Å². The van der Waals surface area contributed by atoms with E-state index in [4.69, 9.17) is 9.84 Å². The first kappa shape index (κ1) is 36.2. The van der Waals surface area contributed by atoms with Gasteiger partial charge in [0, 0.05) is 66.8 Å². The minimum Gasteiger partial charge on any atom is -0.509 e. The molecule has 7 rings (SSSR count). The van der Waals surface area contributed by atoms with E-state index >= 15 is 0 Å². The molecule has 264 valence electrons. The summed E-state index contributed by atoms with van der Waals surface area (Å²) in [6.07, 6.45) is 4.01. The SMILES string of the molecule is CC(C)(C)c1cc(N2[CH-]N(c3[c-]c(Oc4[c-]c(-n5cc(C(C)(C)c6ccccc6)cn5)ccc4)ccc3)c3ccccc32)cc(C(C)(C)C)c1.[Pt]. The normalized spacial score (nSPS) is 13.2. The maximum Gasteiger partial charge on any atom is 0.0534 e. The van der Waals surface area contributed by atoms with E-state index < -0.39 is 0 Å². The van der Waals surface area contributed by atoms with Crippen molar-refractivity contribution in [3.8, 4) is 17.2 Å². The van der Waals surface area contributed by atoms with Gasteiger partial charge in [-0.3, -0.25) is 4.68 Å². The van der Waals surface area contributed by atoms with Gasteiger partial charge in [0.2, 0.25) is 0 Å². The van der Waals surface area contributed by atoms with Gasteiger partial charge in [0.15, 0.2) is 0 Å². The van der Waals surface area contributed by atoms with Crippen LogP contribution >= 0.6 is 0 Å². The fourth-order valence-corrected chi connectivity index (χ4v) is 6.31. The Hall–Kier alpha value is -4.60. The Morgan fingerprint density at radius 2 is 1.12 bits per heavy atom. The van der Waals surface area contributed by atoms with Crippen LogP contribution in [0, 0.1) is 18.8 Å². The number of anilines is 4. The van der Waals surface area contributed by atoms with Gasteiger partial charge in [0.05, 0.1) is 6.20 Å². The number of ether oxygens (including phenoxy) is 1. The van der Waals surface area contributed by atoms with Gasteiger partial charge in [0.1, 0.15) is 0 Å². The Morgan fingerprint density at radius 3 is 1.73 bits per heavy atom. The van der Waals surface area contributed by atoms with Crippen LogP contribution in [0.2, 0.25) is 0 Å². The van der Waals surface area contributed by atoms with Crippen LogP contribution in [-0.4, -0.2) is 9.78 Å². The summed E-state index contributed by atoms with van der Waals surface area (Å²) in [7, 11) is 0. The summed E-state index contributed by atoms with van der Waals surface area (Å²) in [5.41, 5.74) is 9.88. The van der Waals surface area contributed by atoms with Crippen molar-refractivity contribution in [1.82, 2.24) is 9.78 Å². The summed E-state index contributed by atoms with van der Waals surface area (Å²) < 4.78 is 8.24. The average Bonchev–Trinajstić information content (AvgIpc) is 3.75. The standard InChI is InChI=1S/C45H45N4O.Pt/c1-43(2,3)33-24-34(44(4,5)6)26-38(25-33)48-31-47(41-22-12-13-23-42(41)48)36-18-14-20-39(27-36)50-40-21-15-19-37(28-40)49-30-35(29-46-49)45(7,8)32-16-10-9-11-17-32;/h9-26,29-31H,1-8H3;/q-3;. The fraction of sp³-hybridized carbons (Fsp3) is 0.244. The zero-order chi connectivity index (χ0) is 35.3. The molecule has 6 heteroatoms. The van der Waals surface area contributed by atoms with Gasteiger partial charge in [-0.1, -0.05) is 104 Å². The van der Waals surface area contributed by atoms with Crippen molar-refractivity contribution in [3.63, 3.8) is 0 Å². The van der Waals surface area contributed by atoms with E-state index in [1.807, 2.05) is 47.3 Å². The smallest absolute Gasteiger partial charge is 0.0534 e. The number of nitrogens with zero attached hydrogens (tertiary/aromatic N) is 4. The first-order valence-corrected chi connectivity index (χ1v) is 17.3. The predicted octanol–water partition coefficient (Wildman–Crippen LogP) is 11.6. The Balaban J connectivity index is 0.00000448. The Labute approximate surface area is 318 Å². The molecule has 0 unspecified atom stereocenters. The molecule has 1 aliphatic rings. The van der Waals surface area contributed by atoms with Crippen molar-refractivity contribution in [2.24, 2.45) is 0 Å². The van der Waals surface area contributed by atoms with Crippen LogP contribution in [-0.2, 0) is 37.3 Å². The van der Waals surface area contributed by atoms with Gasteiger partial charge in [0.25, 0.3) is 0 Å². The molecule has 6 aromatic rings. The molecule has 0 saturated heterocycles. The van der Waals surface area contributed by atoms with Gasteiger partial charge >= 0.3 is 0 Å². The molecule has 0 spiro atoms. The molecule has 0 amide bonds. The van der Waals surface area contributed by atoms with Gasteiger partial charge in [-0.15, -0.1) is 48.8 Å². The van der Waals surface area contributed by atoms with Gasteiger partial charge in [-0.2, -0.15) is 17.2 Å². The fourth-order valence-electron chi connectivity index (χ4n) is 6.31. The van der Waals surface area contributed by atoms with E-state index in [-0.39, 0.29) is 37.3 Å². The van der Waals surface area contributed by atoms with Gasteiger partial charge in [-0.05, 0) is 57.5 Å². The molecule has 0 saturated carbocycles. The molecule has 0 bridgehead atoms. The molecule has 5 aromatic carbocycles. The van der Waals surface area contributed by atoms with Crippen molar-refractivity contribution in [1.29, 1.82) is 0 Å². The zero-order valence-electron chi connectivity index (χ0n) is 30.6. The van der Waals surface area contributed by atoms with Crippen LogP contribution in [0.1, 0.15) is 77.6 Å². The predicted molar refractivity (Wildman–Crippen MR) is 205 cm³/mol. The van der Waals surface area contributed by atoms with E-state index in [2.05, 4.69) is 163 Å². The first-order valence-electron chi connectivity index (χ1n) is 17.3. The van der Waals surface area contributed by atoms with Crippen LogP contribution in [0.5, 0.6) is 11.5 Å². The molecule has 0 aliphatic carbocycles. The Bertz CT molecular complexity index is 2110. The number of fused-ring (bicyclic) bond motifs is 1. The maximum atomic E-state index is 6.38. The maximum absolute atomic E-state index is 6.38. The van der Waals surface area contributed by atoms with E-state index in [1.165, 1.54) is 16.7 Å². The minimum absolute atomic E-state index is 0. The number of hydrogen-bond acceptors (Lipinski definition) is 4. The molecule has 0 N–H and O–H groups in total. The van der Waals surface area contributed by atoms with Crippen LogP contribution in [0.3, 0.4) is 0 Å². The van der Waals surface area contributed by atoms with E-state index in [0.717, 1.165) is 34.0 Å². The van der Waals surface area contributed by atoms with Crippen LogP contribution < -0.4 is 14.5 Å². The van der Waals surface area contributed by atoms with Crippen molar-refractivity contribution < 1.29 is 25.8 Å². The topological polar surface area (TPSA) is 33.5 Å². The number of rotatable bonds is 7. The van der Waals surface area contributed by atoms with Crippen molar-refractivity contribution >= 4 is 22.7 Å². The van der Waals surface area contributed by atoms with Crippen molar-refractivity contribution in [3.05, 3.63) is 163 Å². The first-order chi connectivity index (χ1) is 23.8. The van der Waals surface area contributed by atoms with Gasteiger partial charge in [-0.25, -0.2) is 0 Å². The number of hydrogen-bond donors (Lipinski definition) is 0. The monoisotopic (exact) mass is 852 g/mol. The second-order valence-electron chi connectivity index (χ2n) is 15.7. The summed E-state index contributed by atoms with van der Waals surface area (Å²) in [6.45, 7) is 20.3. The van der Waals surface area contributed by atoms with Crippen molar-refractivity contribution in [2.45, 2.75) is 71.6 Å². The third-order valence-electron chi connectivity index (χ3n) is 9.59.